The van der Waals surface area contributed by atoms with Crippen LogP contribution >= 0.6 is 0 Å². The number of para-hydroxylation sites is 3. The van der Waals surface area contributed by atoms with Crippen LogP contribution in [0.4, 0.5) is 5.69 Å². The molecule has 1 aliphatic heterocycles. The summed E-state index contributed by atoms with van der Waals surface area (Å²) >= 11 is 0. The van der Waals surface area contributed by atoms with Gasteiger partial charge in [-0.1, -0.05) is 54.6 Å². The molecule has 1 N–H and O–H groups in total. The third-order valence-electron chi connectivity index (χ3n) is 5.51. The Balaban J connectivity index is 1.46. The fourth-order valence-corrected chi connectivity index (χ4v) is 3.99. The molecule has 4 heteroatoms. The van der Waals surface area contributed by atoms with Crippen molar-refractivity contribution < 1.29 is 9.53 Å². The lowest BCUT2D eigenvalue weighted by atomic mass is 10.0. The Hall–Kier alpha value is -3.79. The Morgan fingerprint density at radius 1 is 0.967 bits per heavy atom. The third kappa shape index (κ3) is 3.26. The number of benzene rings is 3. The number of carbonyl (C=O) groups excluding carboxylic acids is 1. The van der Waals surface area contributed by atoms with Crippen molar-refractivity contribution in [2.24, 2.45) is 0 Å². The first-order valence-corrected chi connectivity index (χ1v) is 10.1. The molecule has 0 saturated heterocycles. The molecule has 3 aromatic carbocycles. The number of fused-ring (bicyclic) bond motifs is 2. The summed E-state index contributed by atoms with van der Waals surface area (Å²) in [7, 11) is 0. The zero-order valence-corrected chi connectivity index (χ0v) is 16.8. The molecule has 1 aromatic heterocycles. The van der Waals surface area contributed by atoms with Gasteiger partial charge < -0.3 is 14.6 Å². The number of aromatic nitrogens is 1. The molecule has 0 fully saturated rings. The molecule has 0 aliphatic carbocycles. The topological polar surface area (TPSA) is 43.3 Å². The standard InChI is InChI=1S/C26H22N2O2/c1-18-8-2-7-13-25(18)30-15-14-28-17-19(20-9-4-6-12-24(20)28)16-22-21-10-3-5-11-23(21)27-26(22)29/h2-13,16-17H,14-15H2,1H3,(H,27,29)/b22-16+. The molecule has 0 spiro atoms. The van der Waals surface area contributed by atoms with Gasteiger partial charge in [0.2, 0.25) is 0 Å². The van der Waals surface area contributed by atoms with Crippen molar-refractivity contribution >= 4 is 34.1 Å². The minimum absolute atomic E-state index is 0.0593. The van der Waals surface area contributed by atoms with Gasteiger partial charge in [0.05, 0.1) is 6.54 Å². The van der Waals surface area contributed by atoms with Crippen LogP contribution in [-0.2, 0) is 11.3 Å². The monoisotopic (exact) mass is 394 g/mol. The predicted octanol–water partition coefficient (Wildman–Crippen LogP) is 5.52. The van der Waals surface area contributed by atoms with Gasteiger partial charge >= 0.3 is 0 Å². The van der Waals surface area contributed by atoms with E-state index in [1.807, 2.05) is 60.7 Å². The van der Waals surface area contributed by atoms with E-state index < -0.39 is 0 Å². The second kappa shape index (κ2) is 7.56. The highest BCUT2D eigenvalue weighted by Gasteiger charge is 2.23. The number of anilines is 1. The number of amides is 1. The van der Waals surface area contributed by atoms with E-state index in [9.17, 15) is 4.79 Å². The number of ether oxygens (including phenoxy) is 1. The molecule has 0 saturated carbocycles. The lowest BCUT2D eigenvalue weighted by Crippen LogP contribution is -2.07. The highest BCUT2D eigenvalue weighted by atomic mass is 16.5. The van der Waals surface area contributed by atoms with Crippen molar-refractivity contribution in [1.82, 2.24) is 4.57 Å². The van der Waals surface area contributed by atoms with Gasteiger partial charge in [-0.25, -0.2) is 0 Å². The number of hydrogen-bond donors (Lipinski definition) is 1. The van der Waals surface area contributed by atoms with Crippen molar-refractivity contribution in [2.45, 2.75) is 13.5 Å². The molecule has 0 unspecified atom stereocenters. The quantitative estimate of drug-likeness (QED) is 0.453. The minimum Gasteiger partial charge on any atom is -0.491 e. The fourth-order valence-electron chi connectivity index (χ4n) is 3.99. The van der Waals surface area contributed by atoms with Crippen molar-refractivity contribution in [3.63, 3.8) is 0 Å². The summed E-state index contributed by atoms with van der Waals surface area (Å²) in [6, 6.07) is 24.1. The van der Waals surface area contributed by atoms with Crippen molar-refractivity contribution in [3.05, 3.63) is 95.7 Å². The summed E-state index contributed by atoms with van der Waals surface area (Å²) in [6.07, 6.45) is 4.09. The normalized spacial score (nSPS) is 14.2. The van der Waals surface area contributed by atoms with Gasteiger partial charge in [0.25, 0.3) is 5.91 Å². The van der Waals surface area contributed by atoms with E-state index in [-0.39, 0.29) is 5.91 Å². The Kier molecular flexibility index (Phi) is 4.60. The Labute approximate surface area is 175 Å². The van der Waals surface area contributed by atoms with Crippen LogP contribution in [0.2, 0.25) is 0 Å². The van der Waals surface area contributed by atoms with Crippen LogP contribution in [0, 0.1) is 6.92 Å². The summed E-state index contributed by atoms with van der Waals surface area (Å²) in [5.41, 5.74) is 5.80. The van der Waals surface area contributed by atoms with Gasteiger partial charge in [-0.3, -0.25) is 4.79 Å². The molecule has 4 aromatic rings. The molecule has 30 heavy (non-hydrogen) atoms. The van der Waals surface area contributed by atoms with Crippen molar-refractivity contribution in [3.8, 4) is 5.75 Å². The van der Waals surface area contributed by atoms with E-state index in [1.54, 1.807) is 0 Å². The molecule has 0 radical (unpaired) electrons. The number of aryl methyl sites for hydroxylation is 1. The van der Waals surface area contributed by atoms with Crippen molar-refractivity contribution in [1.29, 1.82) is 0 Å². The predicted molar refractivity (Wildman–Crippen MR) is 122 cm³/mol. The van der Waals surface area contributed by atoms with E-state index in [0.29, 0.717) is 12.2 Å². The molecule has 2 heterocycles. The second-order valence-corrected chi connectivity index (χ2v) is 7.47. The molecule has 148 valence electrons. The molecular weight excluding hydrogens is 372 g/mol. The minimum atomic E-state index is -0.0593. The maximum absolute atomic E-state index is 12.5. The molecule has 1 aliphatic rings. The maximum Gasteiger partial charge on any atom is 0.256 e. The van der Waals surface area contributed by atoms with Crippen LogP contribution in [0.3, 0.4) is 0 Å². The van der Waals surface area contributed by atoms with Crippen LogP contribution in [0.25, 0.3) is 22.6 Å². The molecule has 1 amide bonds. The number of rotatable bonds is 5. The van der Waals surface area contributed by atoms with Gasteiger partial charge in [-0.05, 0) is 36.8 Å². The summed E-state index contributed by atoms with van der Waals surface area (Å²) in [6.45, 7) is 3.35. The van der Waals surface area contributed by atoms with Crippen LogP contribution in [0.5, 0.6) is 5.75 Å². The SMILES string of the molecule is Cc1ccccc1OCCn1cc(/C=C2/C(=O)Nc3ccccc32)c2ccccc21. The second-order valence-electron chi connectivity index (χ2n) is 7.47. The first kappa shape index (κ1) is 18.3. The summed E-state index contributed by atoms with van der Waals surface area (Å²) in [5, 5.41) is 4.07. The average Bonchev–Trinajstić information content (AvgIpc) is 3.27. The number of nitrogens with zero attached hydrogens (tertiary/aromatic N) is 1. The van der Waals surface area contributed by atoms with Gasteiger partial charge in [0, 0.05) is 39.5 Å². The highest BCUT2D eigenvalue weighted by molar-refractivity contribution is 6.35. The zero-order valence-electron chi connectivity index (χ0n) is 16.8. The van der Waals surface area contributed by atoms with Gasteiger partial charge in [-0.15, -0.1) is 0 Å². The molecule has 0 atom stereocenters. The molecule has 0 bridgehead atoms. The first-order valence-electron chi connectivity index (χ1n) is 10.1. The lowest BCUT2D eigenvalue weighted by Gasteiger charge is -2.10. The van der Waals surface area contributed by atoms with Crippen LogP contribution < -0.4 is 10.1 Å². The first-order chi connectivity index (χ1) is 14.7. The van der Waals surface area contributed by atoms with Gasteiger partial charge in [0.1, 0.15) is 12.4 Å². The largest absolute Gasteiger partial charge is 0.491 e. The van der Waals surface area contributed by atoms with E-state index in [0.717, 1.165) is 45.6 Å². The van der Waals surface area contributed by atoms with E-state index in [4.69, 9.17) is 4.74 Å². The third-order valence-corrected chi connectivity index (χ3v) is 5.51. The summed E-state index contributed by atoms with van der Waals surface area (Å²) in [5.74, 6) is 0.853. The van der Waals surface area contributed by atoms with E-state index >= 15 is 0 Å². The fraction of sp³-hybridized carbons (Fsp3) is 0.115. The Bertz CT molecular complexity index is 1280. The van der Waals surface area contributed by atoms with E-state index in [1.165, 1.54) is 0 Å². The summed E-state index contributed by atoms with van der Waals surface area (Å²) < 4.78 is 8.19. The summed E-state index contributed by atoms with van der Waals surface area (Å²) in [4.78, 5) is 12.5. The number of carbonyl (C=O) groups is 1. The van der Waals surface area contributed by atoms with E-state index in [2.05, 4.69) is 41.2 Å². The van der Waals surface area contributed by atoms with Crippen LogP contribution in [-0.4, -0.2) is 17.1 Å². The zero-order chi connectivity index (χ0) is 20.5. The highest BCUT2D eigenvalue weighted by Crippen LogP contribution is 2.34. The van der Waals surface area contributed by atoms with Gasteiger partial charge in [0.15, 0.2) is 0 Å². The smallest absolute Gasteiger partial charge is 0.256 e. The maximum atomic E-state index is 12.5. The average molecular weight is 394 g/mol. The van der Waals surface area contributed by atoms with Crippen LogP contribution in [0.1, 0.15) is 16.7 Å². The number of nitrogens with one attached hydrogen (secondary N) is 1. The Morgan fingerprint density at radius 2 is 1.73 bits per heavy atom. The molecular formula is C26H22N2O2. The Morgan fingerprint density at radius 3 is 2.63 bits per heavy atom. The molecule has 5 rings (SSSR count). The van der Waals surface area contributed by atoms with Crippen LogP contribution in [0.15, 0.2) is 79.0 Å². The molecule has 4 nitrogen and oxygen atoms in total. The van der Waals surface area contributed by atoms with Crippen molar-refractivity contribution in [2.75, 3.05) is 11.9 Å². The van der Waals surface area contributed by atoms with Gasteiger partial charge in [-0.2, -0.15) is 0 Å². The number of hydrogen-bond acceptors (Lipinski definition) is 2. The lowest BCUT2D eigenvalue weighted by molar-refractivity contribution is -0.110.